The van der Waals surface area contributed by atoms with Crippen LogP contribution in [-0.2, 0) is 6.42 Å². The van der Waals surface area contributed by atoms with Crippen molar-refractivity contribution in [2.45, 2.75) is 39.2 Å². The third kappa shape index (κ3) is 4.87. The van der Waals surface area contributed by atoms with Crippen LogP contribution in [-0.4, -0.2) is 12.6 Å². The Morgan fingerprint density at radius 3 is 2.29 bits per heavy atom. The Labute approximate surface area is 133 Å². The maximum absolute atomic E-state index is 6.01. The van der Waals surface area contributed by atoms with Crippen molar-refractivity contribution < 1.29 is 0 Å². The molecule has 0 spiro atoms. The van der Waals surface area contributed by atoms with Crippen molar-refractivity contribution in [2.24, 2.45) is 0 Å². The summed E-state index contributed by atoms with van der Waals surface area (Å²) in [6.45, 7) is 7.54. The Morgan fingerprint density at radius 1 is 1.00 bits per heavy atom. The van der Waals surface area contributed by atoms with E-state index in [1.807, 2.05) is 12.1 Å². The summed E-state index contributed by atoms with van der Waals surface area (Å²) in [5.74, 6) is 0.464. The van der Waals surface area contributed by atoms with Gasteiger partial charge < -0.3 is 5.32 Å². The van der Waals surface area contributed by atoms with E-state index in [4.69, 9.17) is 11.6 Å². The summed E-state index contributed by atoms with van der Waals surface area (Å²) < 4.78 is 0. The SMILES string of the molecule is Cc1ccccc1CC(CNC(C)C)c1ccc(Cl)cc1. The van der Waals surface area contributed by atoms with Crippen molar-refractivity contribution in [1.29, 1.82) is 0 Å². The van der Waals surface area contributed by atoms with Gasteiger partial charge in [0, 0.05) is 23.5 Å². The third-order valence-electron chi connectivity index (χ3n) is 3.84. The van der Waals surface area contributed by atoms with Gasteiger partial charge in [0.15, 0.2) is 0 Å². The van der Waals surface area contributed by atoms with E-state index in [1.54, 1.807) is 0 Å². The molecule has 0 saturated heterocycles. The number of hydrogen-bond donors (Lipinski definition) is 1. The zero-order valence-electron chi connectivity index (χ0n) is 13.1. The van der Waals surface area contributed by atoms with Crippen LogP contribution >= 0.6 is 11.6 Å². The van der Waals surface area contributed by atoms with Crippen molar-refractivity contribution in [2.75, 3.05) is 6.54 Å². The highest BCUT2D eigenvalue weighted by atomic mass is 35.5. The Kier molecular flexibility index (Phi) is 5.84. The maximum atomic E-state index is 6.01. The van der Waals surface area contributed by atoms with Crippen LogP contribution in [0.15, 0.2) is 48.5 Å². The lowest BCUT2D eigenvalue weighted by Crippen LogP contribution is -2.29. The highest BCUT2D eigenvalue weighted by molar-refractivity contribution is 6.30. The minimum Gasteiger partial charge on any atom is -0.314 e. The molecule has 0 aliphatic rings. The molecule has 0 bridgehead atoms. The van der Waals surface area contributed by atoms with Gasteiger partial charge in [-0.2, -0.15) is 0 Å². The van der Waals surface area contributed by atoms with E-state index in [-0.39, 0.29) is 0 Å². The molecule has 0 radical (unpaired) electrons. The Balaban J connectivity index is 2.19. The first-order valence-electron chi connectivity index (χ1n) is 7.59. The van der Waals surface area contributed by atoms with Gasteiger partial charge in [-0.05, 0) is 42.2 Å². The van der Waals surface area contributed by atoms with Gasteiger partial charge in [-0.25, -0.2) is 0 Å². The normalized spacial score (nSPS) is 12.6. The fourth-order valence-electron chi connectivity index (χ4n) is 2.53. The molecule has 2 aromatic rings. The van der Waals surface area contributed by atoms with Crippen LogP contribution < -0.4 is 5.32 Å². The highest BCUT2D eigenvalue weighted by Crippen LogP contribution is 2.24. The van der Waals surface area contributed by atoms with Gasteiger partial charge in [0.05, 0.1) is 0 Å². The van der Waals surface area contributed by atoms with Gasteiger partial charge in [0.2, 0.25) is 0 Å². The predicted molar refractivity (Wildman–Crippen MR) is 92.2 cm³/mol. The van der Waals surface area contributed by atoms with Crippen LogP contribution in [0.4, 0.5) is 0 Å². The van der Waals surface area contributed by atoms with Crippen LogP contribution in [0.2, 0.25) is 5.02 Å². The molecular formula is C19H24ClN. The van der Waals surface area contributed by atoms with Gasteiger partial charge in [0.25, 0.3) is 0 Å². The molecule has 21 heavy (non-hydrogen) atoms. The molecule has 0 aromatic heterocycles. The lowest BCUT2D eigenvalue weighted by Gasteiger charge is -2.21. The molecule has 2 aromatic carbocycles. The van der Waals surface area contributed by atoms with Gasteiger partial charge in [-0.15, -0.1) is 0 Å². The molecule has 1 atom stereocenters. The van der Waals surface area contributed by atoms with E-state index in [1.165, 1.54) is 16.7 Å². The average molecular weight is 302 g/mol. The Bertz CT molecular complexity index is 560. The largest absolute Gasteiger partial charge is 0.314 e. The molecule has 0 heterocycles. The van der Waals surface area contributed by atoms with Crippen LogP contribution in [0.25, 0.3) is 0 Å². The summed E-state index contributed by atoms with van der Waals surface area (Å²) in [4.78, 5) is 0. The van der Waals surface area contributed by atoms with E-state index < -0.39 is 0 Å². The number of halogens is 1. The first-order valence-corrected chi connectivity index (χ1v) is 7.97. The first-order chi connectivity index (χ1) is 10.1. The first kappa shape index (κ1) is 16.1. The average Bonchev–Trinajstić information content (AvgIpc) is 2.46. The zero-order valence-corrected chi connectivity index (χ0v) is 13.8. The molecule has 1 nitrogen and oxygen atoms in total. The van der Waals surface area contributed by atoms with Gasteiger partial charge in [0.1, 0.15) is 0 Å². The molecule has 2 heteroatoms. The monoisotopic (exact) mass is 301 g/mol. The topological polar surface area (TPSA) is 12.0 Å². The van der Waals surface area contributed by atoms with E-state index >= 15 is 0 Å². The fourth-order valence-corrected chi connectivity index (χ4v) is 2.65. The second-order valence-electron chi connectivity index (χ2n) is 5.94. The lowest BCUT2D eigenvalue weighted by molar-refractivity contribution is 0.526. The van der Waals surface area contributed by atoms with Crippen LogP contribution in [0.5, 0.6) is 0 Å². The summed E-state index contributed by atoms with van der Waals surface area (Å²) in [6, 6.07) is 17.4. The van der Waals surface area contributed by atoms with Crippen molar-refractivity contribution in [3.05, 3.63) is 70.2 Å². The maximum Gasteiger partial charge on any atom is 0.0406 e. The van der Waals surface area contributed by atoms with Gasteiger partial charge in [-0.1, -0.05) is 61.8 Å². The molecule has 0 amide bonds. The molecule has 0 saturated carbocycles. The number of hydrogen-bond acceptors (Lipinski definition) is 1. The summed E-state index contributed by atoms with van der Waals surface area (Å²) in [6.07, 6.45) is 1.05. The van der Waals surface area contributed by atoms with Crippen molar-refractivity contribution >= 4 is 11.6 Å². The van der Waals surface area contributed by atoms with Crippen molar-refractivity contribution in [3.63, 3.8) is 0 Å². The van der Waals surface area contributed by atoms with E-state index in [9.17, 15) is 0 Å². The van der Waals surface area contributed by atoms with Gasteiger partial charge in [-0.3, -0.25) is 0 Å². The smallest absolute Gasteiger partial charge is 0.0406 e. The predicted octanol–water partition coefficient (Wildman–Crippen LogP) is 4.97. The molecule has 2 rings (SSSR count). The molecule has 0 fully saturated rings. The number of benzene rings is 2. The molecular weight excluding hydrogens is 278 g/mol. The Morgan fingerprint density at radius 2 is 1.67 bits per heavy atom. The lowest BCUT2D eigenvalue weighted by atomic mass is 9.90. The summed E-state index contributed by atoms with van der Waals surface area (Å²) in [5, 5.41) is 4.36. The standard InChI is InChI=1S/C19H24ClN/c1-14(2)21-13-18(16-8-10-19(20)11-9-16)12-17-7-5-4-6-15(17)3/h4-11,14,18,21H,12-13H2,1-3H3. The number of rotatable bonds is 6. The highest BCUT2D eigenvalue weighted by Gasteiger charge is 2.14. The quantitative estimate of drug-likeness (QED) is 0.794. The van der Waals surface area contributed by atoms with Crippen molar-refractivity contribution in [3.8, 4) is 0 Å². The summed E-state index contributed by atoms with van der Waals surface area (Å²) in [7, 11) is 0. The molecule has 0 aliphatic heterocycles. The summed E-state index contributed by atoms with van der Waals surface area (Å²) >= 11 is 6.01. The minimum absolute atomic E-state index is 0.464. The Hall–Kier alpha value is -1.31. The molecule has 0 aliphatic carbocycles. The third-order valence-corrected chi connectivity index (χ3v) is 4.09. The minimum atomic E-state index is 0.464. The van der Waals surface area contributed by atoms with E-state index in [2.05, 4.69) is 62.5 Å². The molecule has 1 N–H and O–H groups in total. The number of nitrogens with one attached hydrogen (secondary N) is 1. The van der Waals surface area contributed by atoms with Crippen molar-refractivity contribution in [1.82, 2.24) is 5.32 Å². The van der Waals surface area contributed by atoms with Gasteiger partial charge >= 0.3 is 0 Å². The summed E-state index contributed by atoms with van der Waals surface area (Å²) in [5.41, 5.74) is 4.12. The number of aryl methyl sites for hydroxylation is 1. The molecule has 112 valence electrons. The van der Waals surface area contributed by atoms with Crippen LogP contribution in [0.3, 0.4) is 0 Å². The second kappa shape index (κ2) is 7.63. The zero-order chi connectivity index (χ0) is 15.2. The van der Waals surface area contributed by atoms with Crippen LogP contribution in [0, 0.1) is 6.92 Å². The van der Waals surface area contributed by atoms with E-state index in [0.29, 0.717) is 12.0 Å². The molecule has 1 unspecified atom stereocenters. The van der Waals surface area contributed by atoms with Crippen LogP contribution in [0.1, 0.15) is 36.5 Å². The second-order valence-corrected chi connectivity index (χ2v) is 6.38. The van der Waals surface area contributed by atoms with E-state index in [0.717, 1.165) is 18.0 Å². The fraction of sp³-hybridized carbons (Fsp3) is 0.368.